The molecule has 3 amide bonds. The molecule has 38 heavy (non-hydrogen) atoms. The van der Waals surface area contributed by atoms with Gasteiger partial charge in [-0.05, 0) is 49.3 Å². The smallest absolute Gasteiger partial charge is 0.248 e. The van der Waals surface area contributed by atoms with Crippen LogP contribution in [0.3, 0.4) is 0 Å². The molecule has 3 aliphatic heterocycles. The third-order valence-electron chi connectivity index (χ3n) is 8.71. The van der Waals surface area contributed by atoms with Gasteiger partial charge in [-0.15, -0.1) is 11.8 Å². The van der Waals surface area contributed by atoms with Gasteiger partial charge in [-0.3, -0.25) is 14.4 Å². The minimum Gasteiger partial charge on any atom is -0.394 e. The fraction of sp³-hybridized carbons (Fsp3) is 0.500. The molecule has 5 rings (SSSR count). The van der Waals surface area contributed by atoms with E-state index in [1.54, 1.807) is 16.7 Å². The molecular weight excluding hydrogens is 498 g/mol. The molecule has 1 spiro atoms. The van der Waals surface area contributed by atoms with Gasteiger partial charge < -0.3 is 20.6 Å². The number of nitrogens with zero attached hydrogens (tertiary/aromatic N) is 1. The molecule has 3 saturated heterocycles. The summed E-state index contributed by atoms with van der Waals surface area (Å²) in [6, 6.07) is 13.7. The number of carbonyl (C=O) groups is 3. The number of anilines is 1. The second kappa shape index (κ2) is 10.4. The van der Waals surface area contributed by atoms with Gasteiger partial charge in [-0.1, -0.05) is 62.4 Å². The quantitative estimate of drug-likeness (QED) is 0.477. The van der Waals surface area contributed by atoms with Crippen LogP contribution in [-0.2, 0) is 14.4 Å². The topological polar surface area (TPSA) is 98.7 Å². The first kappa shape index (κ1) is 26.8. The number of benzene rings is 2. The van der Waals surface area contributed by atoms with Crippen molar-refractivity contribution in [1.82, 2.24) is 10.2 Å². The van der Waals surface area contributed by atoms with Gasteiger partial charge >= 0.3 is 0 Å². The number of fused-ring (bicyclic) bond motifs is 1. The zero-order valence-corrected chi connectivity index (χ0v) is 23.3. The monoisotopic (exact) mass is 535 g/mol. The lowest BCUT2D eigenvalue weighted by molar-refractivity contribution is -0.142. The Labute approximate surface area is 228 Å². The fourth-order valence-electron chi connectivity index (χ4n) is 6.99. The van der Waals surface area contributed by atoms with Gasteiger partial charge in [0, 0.05) is 17.5 Å². The Morgan fingerprint density at radius 1 is 1.11 bits per heavy atom. The molecule has 0 radical (unpaired) electrons. The van der Waals surface area contributed by atoms with Crippen molar-refractivity contribution < 1.29 is 19.5 Å². The van der Waals surface area contributed by atoms with Crippen LogP contribution in [0.5, 0.6) is 0 Å². The summed E-state index contributed by atoms with van der Waals surface area (Å²) >= 11 is 1.65. The van der Waals surface area contributed by atoms with E-state index in [4.69, 9.17) is 0 Å². The van der Waals surface area contributed by atoms with Crippen LogP contribution in [0.2, 0.25) is 0 Å². The second-order valence-electron chi connectivity index (χ2n) is 11.0. The standard InChI is InChI=1S/C30H37N3O4S/c1-5-14-31-27(35)23-22-15-19(4)30(38-22)24(23)29(37)33(21(16-34)20-12-7-6-8-13-20)26(30)28(36)32-25-17(2)10-9-11-18(25)3/h6-13,19,21-24,26,34H,5,14-16H2,1-4H3,(H,31,35)(H,32,36)/t19?,21-,22-,23+,24+,26?,30?/m1/s1. The maximum Gasteiger partial charge on any atom is 0.248 e. The molecule has 0 aromatic heterocycles. The predicted octanol–water partition coefficient (Wildman–Crippen LogP) is 3.84. The number of hydrogen-bond donors (Lipinski definition) is 3. The van der Waals surface area contributed by atoms with Crippen LogP contribution in [0.1, 0.15) is 49.4 Å². The molecule has 3 unspecified atom stereocenters. The Kier molecular flexibility index (Phi) is 7.31. The summed E-state index contributed by atoms with van der Waals surface area (Å²) in [6.07, 6.45) is 1.58. The van der Waals surface area contributed by atoms with E-state index in [0.717, 1.165) is 35.2 Å². The van der Waals surface area contributed by atoms with E-state index in [9.17, 15) is 19.5 Å². The largest absolute Gasteiger partial charge is 0.394 e. The Hall–Kier alpha value is -2.84. The van der Waals surface area contributed by atoms with Crippen LogP contribution in [0.15, 0.2) is 48.5 Å². The molecule has 7 nitrogen and oxygen atoms in total. The lowest BCUT2D eigenvalue weighted by Gasteiger charge is -2.40. The van der Waals surface area contributed by atoms with Crippen LogP contribution in [0.25, 0.3) is 0 Å². The van der Waals surface area contributed by atoms with Crippen LogP contribution >= 0.6 is 11.8 Å². The summed E-state index contributed by atoms with van der Waals surface area (Å²) in [7, 11) is 0. The molecule has 3 heterocycles. The van der Waals surface area contributed by atoms with Crippen molar-refractivity contribution in [3.8, 4) is 0 Å². The number of aliphatic hydroxyl groups excluding tert-OH is 1. The van der Waals surface area contributed by atoms with E-state index in [-0.39, 0.29) is 35.5 Å². The van der Waals surface area contributed by atoms with Gasteiger partial charge in [-0.25, -0.2) is 0 Å². The number of rotatable bonds is 8. The van der Waals surface area contributed by atoms with Crippen LogP contribution < -0.4 is 10.6 Å². The Bertz CT molecular complexity index is 1220. The molecule has 0 aliphatic carbocycles. The molecule has 3 fully saturated rings. The van der Waals surface area contributed by atoms with Crippen LogP contribution in [0.4, 0.5) is 5.69 Å². The highest BCUT2D eigenvalue weighted by molar-refractivity contribution is 8.02. The number of aliphatic hydroxyl groups is 1. The SMILES string of the molecule is CCCNC(=O)[C@@H]1[C@H]2C(=O)N([C@H](CO)c3ccccc3)C(C(=O)Nc3c(C)cccc3C)C23S[C@@H]1CC3C. The first-order chi connectivity index (χ1) is 18.3. The van der Waals surface area contributed by atoms with E-state index >= 15 is 0 Å². The van der Waals surface area contributed by atoms with Gasteiger partial charge in [0.1, 0.15) is 6.04 Å². The Morgan fingerprint density at radius 2 is 1.79 bits per heavy atom. The highest BCUT2D eigenvalue weighted by atomic mass is 32.2. The van der Waals surface area contributed by atoms with Gasteiger partial charge in [0.25, 0.3) is 0 Å². The second-order valence-corrected chi connectivity index (χ2v) is 12.5. The number of likely N-dealkylation sites (tertiary alicyclic amines) is 1. The van der Waals surface area contributed by atoms with Gasteiger partial charge in [0.2, 0.25) is 17.7 Å². The molecule has 7 atom stereocenters. The molecule has 3 N–H and O–H groups in total. The first-order valence-corrected chi connectivity index (χ1v) is 14.4. The number of aryl methyl sites for hydroxylation is 2. The molecule has 2 bridgehead atoms. The van der Waals surface area contributed by atoms with Crippen molar-refractivity contribution in [2.75, 3.05) is 18.5 Å². The van der Waals surface area contributed by atoms with Gasteiger partial charge in [0.05, 0.1) is 29.2 Å². The maximum atomic E-state index is 14.4. The van der Waals surface area contributed by atoms with Crippen molar-refractivity contribution in [2.45, 2.75) is 62.6 Å². The summed E-state index contributed by atoms with van der Waals surface area (Å²) in [5.41, 5.74) is 3.40. The number of hydrogen-bond acceptors (Lipinski definition) is 5. The van der Waals surface area contributed by atoms with Crippen molar-refractivity contribution in [3.05, 3.63) is 65.2 Å². The van der Waals surface area contributed by atoms with Gasteiger partial charge in [0.15, 0.2) is 0 Å². The van der Waals surface area contributed by atoms with Crippen molar-refractivity contribution >= 4 is 35.2 Å². The molecule has 8 heteroatoms. The first-order valence-electron chi connectivity index (χ1n) is 13.6. The number of thioether (sulfide) groups is 1. The number of para-hydroxylation sites is 1. The summed E-state index contributed by atoms with van der Waals surface area (Å²) < 4.78 is -0.751. The third kappa shape index (κ3) is 4.04. The van der Waals surface area contributed by atoms with Crippen molar-refractivity contribution in [1.29, 1.82) is 0 Å². The van der Waals surface area contributed by atoms with Gasteiger partial charge in [-0.2, -0.15) is 0 Å². The lowest BCUT2D eigenvalue weighted by Crippen LogP contribution is -2.55. The molecule has 3 aliphatic rings. The van der Waals surface area contributed by atoms with Crippen molar-refractivity contribution in [2.24, 2.45) is 17.8 Å². The zero-order valence-electron chi connectivity index (χ0n) is 22.4. The summed E-state index contributed by atoms with van der Waals surface area (Å²) in [5.74, 6) is -1.64. The number of nitrogens with one attached hydrogen (secondary N) is 2. The maximum absolute atomic E-state index is 14.4. The Balaban J connectivity index is 1.62. The molecular formula is C30H37N3O4S. The molecule has 0 saturated carbocycles. The fourth-order valence-corrected chi connectivity index (χ4v) is 9.40. The summed E-state index contributed by atoms with van der Waals surface area (Å²) in [4.78, 5) is 43.8. The Morgan fingerprint density at radius 3 is 2.42 bits per heavy atom. The highest BCUT2D eigenvalue weighted by Gasteiger charge is 2.76. The van der Waals surface area contributed by atoms with Crippen LogP contribution in [0, 0.1) is 31.6 Å². The number of carbonyl (C=O) groups excluding carboxylic acids is 3. The van der Waals surface area contributed by atoms with Crippen molar-refractivity contribution in [3.63, 3.8) is 0 Å². The average Bonchev–Trinajstić information content (AvgIpc) is 3.50. The van der Waals surface area contributed by atoms with Crippen LogP contribution in [-0.4, -0.2) is 56.9 Å². The summed E-state index contributed by atoms with van der Waals surface area (Å²) in [6.45, 7) is 8.25. The molecule has 202 valence electrons. The van der Waals surface area contributed by atoms with E-state index in [1.807, 2.05) is 69.3 Å². The molecule has 2 aromatic carbocycles. The van der Waals surface area contributed by atoms with E-state index < -0.39 is 28.7 Å². The highest BCUT2D eigenvalue weighted by Crippen LogP contribution is 2.69. The van der Waals surface area contributed by atoms with E-state index in [0.29, 0.717) is 6.54 Å². The normalized spacial score (nSPS) is 30.3. The lowest BCUT2D eigenvalue weighted by atomic mass is 9.66. The average molecular weight is 536 g/mol. The number of amides is 3. The minimum absolute atomic E-state index is 0.0160. The molecule has 2 aromatic rings. The summed E-state index contributed by atoms with van der Waals surface area (Å²) in [5, 5.41) is 16.8. The predicted molar refractivity (Wildman–Crippen MR) is 150 cm³/mol. The third-order valence-corrected chi connectivity index (χ3v) is 10.8. The zero-order chi connectivity index (χ0) is 27.2. The minimum atomic E-state index is -0.828. The van der Waals surface area contributed by atoms with E-state index in [1.165, 1.54) is 0 Å². The van der Waals surface area contributed by atoms with E-state index in [2.05, 4.69) is 17.6 Å².